The van der Waals surface area contributed by atoms with Crippen LogP contribution in [0.4, 0.5) is 9.59 Å². The molecule has 4 aliphatic heterocycles. The van der Waals surface area contributed by atoms with Crippen molar-refractivity contribution in [1.29, 1.82) is 0 Å². The minimum Gasteiger partial charge on any atom is -0.444 e. The summed E-state index contributed by atoms with van der Waals surface area (Å²) in [6, 6.07) is 3.51. The van der Waals surface area contributed by atoms with Crippen LogP contribution in [0.3, 0.4) is 0 Å². The van der Waals surface area contributed by atoms with Gasteiger partial charge in [0.15, 0.2) is 4.87 Å². The van der Waals surface area contributed by atoms with Crippen LogP contribution in [0.15, 0.2) is 30.9 Å². The first-order valence-corrected chi connectivity index (χ1v) is 21.2. The molecule has 1 aromatic carbocycles. The molecule has 14 nitrogen and oxygen atoms in total. The molecule has 0 radical (unpaired) electrons. The molecule has 5 atom stereocenters. The molecule has 4 fully saturated rings. The number of thioether (sulfide) groups is 1. The summed E-state index contributed by atoms with van der Waals surface area (Å²) >= 11 is 1.05. The van der Waals surface area contributed by atoms with E-state index in [1.165, 1.54) is 16.5 Å². The monoisotopic (exact) mass is 770 g/mol. The predicted octanol–water partition coefficient (Wildman–Crippen LogP) is 3.19. The number of rotatable bonds is 7. The van der Waals surface area contributed by atoms with E-state index in [2.05, 4.69) is 33.3 Å². The van der Waals surface area contributed by atoms with Gasteiger partial charge >= 0.3 is 12.1 Å². The molecule has 16 heteroatoms. The van der Waals surface area contributed by atoms with Crippen molar-refractivity contribution >= 4 is 51.6 Å². The molecule has 2 saturated carbocycles. The topological polar surface area (TPSA) is 183 Å². The largest absolute Gasteiger partial charge is 0.444 e. The first-order valence-electron chi connectivity index (χ1n) is 18.8. The third kappa shape index (κ3) is 7.89. The zero-order chi connectivity index (χ0) is 37.7. The highest BCUT2D eigenvalue weighted by Gasteiger charge is 2.63. The second-order valence-electron chi connectivity index (χ2n) is 16.0. The summed E-state index contributed by atoms with van der Waals surface area (Å²) in [6.45, 7) is 8.35. The average molecular weight is 771 g/mol. The number of aryl methyl sites for hydroxylation is 1. The number of carbonyl (C=O) groups is 5. The third-order valence-electron chi connectivity index (χ3n) is 11.5. The zero-order valence-corrected chi connectivity index (χ0v) is 32.0. The van der Waals surface area contributed by atoms with Crippen LogP contribution < -0.4 is 20.7 Å². The molecule has 2 aliphatic carbocycles. The molecule has 288 valence electrons. The average Bonchev–Trinajstić information content (AvgIpc) is 3.88. The molecule has 0 aromatic heterocycles. The maximum atomic E-state index is 14.6. The van der Waals surface area contributed by atoms with Gasteiger partial charge in [0.25, 0.3) is 5.91 Å². The molecule has 0 unspecified atom stereocenters. The van der Waals surface area contributed by atoms with E-state index < -0.39 is 79.0 Å². The molecular formula is C37H50N6O8S2. The molecule has 7 rings (SSSR count). The van der Waals surface area contributed by atoms with Gasteiger partial charge in [-0.05, 0) is 81.4 Å². The van der Waals surface area contributed by atoms with Gasteiger partial charge in [-0.2, -0.15) is 0 Å². The van der Waals surface area contributed by atoms with E-state index in [0.717, 1.165) is 67.8 Å². The summed E-state index contributed by atoms with van der Waals surface area (Å²) < 4.78 is 33.5. The van der Waals surface area contributed by atoms with E-state index in [1.54, 1.807) is 4.90 Å². The van der Waals surface area contributed by atoms with E-state index in [1.807, 2.05) is 26.0 Å². The summed E-state index contributed by atoms with van der Waals surface area (Å²) in [5, 5.41) is 7.54. The maximum absolute atomic E-state index is 14.6. The van der Waals surface area contributed by atoms with Crippen LogP contribution in [-0.2, 0) is 48.7 Å². The van der Waals surface area contributed by atoms with E-state index in [9.17, 15) is 32.4 Å². The molecule has 1 aromatic rings. The fraction of sp³-hybridized carbons (Fsp3) is 0.649. The summed E-state index contributed by atoms with van der Waals surface area (Å²) in [6.07, 6.45) is 7.46. The fourth-order valence-electron chi connectivity index (χ4n) is 8.38. The van der Waals surface area contributed by atoms with Crippen molar-refractivity contribution in [3.8, 4) is 0 Å². The molecule has 53 heavy (non-hydrogen) atoms. The van der Waals surface area contributed by atoms with Crippen molar-refractivity contribution in [2.24, 2.45) is 5.92 Å². The first-order chi connectivity index (χ1) is 25.2. The van der Waals surface area contributed by atoms with Gasteiger partial charge in [0.1, 0.15) is 18.2 Å². The Labute approximate surface area is 315 Å². The van der Waals surface area contributed by atoms with E-state index >= 15 is 0 Å². The molecule has 2 saturated heterocycles. The number of hydrogen-bond acceptors (Lipinski definition) is 9. The van der Waals surface area contributed by atoms with Gasteiger partial charge in [-0.25, -0.2) is 22.7 Å². The zero-order valence-electron chi connectivity index (χ0n) is 30.4. The standard InChI is InChI=1S/C37H50N6O8S2/c1-4-29-37(52-29,33(46)41-53(49,50)26-15-16-26)39-31(44)28-18-25-20-43(28)32(45)30(23-11-5-6-12-23)38-34(47)40-36(2,3)17-8-7-10-22-13-9-14-24-19-42(21-27(22)24)35(48)51-25/h4,9,13-14,23,25-26,28-30H,1,5-8,10-12,15-21H2,2-3H3,(H,39,44)(H,41,46)(H2,38,40,47)/t25-,28+,29+,30+,37+/m1/s1. The Kier molecular flexibility index (Phi) is 10.2. The SMILES string of the molecule is C=C[C@@H]1S[C@]1(NC(=O)[C@@H]1C[C@@H]2CN1C(=O)[C@H](C1CCCC1)NC(=O)NC(C)(C)CCCCc1cccc3c1CN(C3)C(=O)O2)C(=O)NS(=O)(=O)C1CC1. The van der Waals surface area contributed by atoms with Crippen molar-refractivity contribution in [1.82, 2.24) is 30.5 Å². The number of fused-ring (bicyclic) bond motifs is 3. The number of sulfonamides is 1. The highest BCUT2D eigenvalue weighted by atomic mass is 32.2. The summed E-state index contributed by atoms with van der Waals surface area (Å²) in [5.41, 5.74) is 2.77. The predicted molar refractivity (Wildman–Crippen MR) is 198 cm³/mol. The molecule has 4 heterocycles. The molecule has 6 amide bonds. The number of urea groups is 1. The van der Waals surface area contributed by atoms with E-state index in [-0.39, 0.29) is 18.9 Å². The van der Waals surface area contributed by atoms with Gasteiger partial charge in [-0.1, -0.05) is 43.5 Å². The lowest BCUT2D eigenvalue weighted by Crippen LogP contribution is -2.60. The first kappa shape index (κ1) is 37.5. The smallest absolute Gasteiger partial charge is 0.410 e. The van der Waals surface area contributed by atoms with E-state index in [4.69, 9.17) is 4.74 Å². The van der Waals surface area contributed by atoms with Crippen LogP contribution in [0.5, 0.6) is 0 Å². The van der Waals surface area contributed by atoms with Crippen LogP contribution in [0, 0.1) is 5.92 Å². The number of ether oxygens (including phenoxy) is 1. The molecule has 6 aliphatic rings. The lowest BCUT2D eigenvalue weighted by atomic mass is 9.93. The molecular weight excluding hydrogens is 721 g/mol. The Bertz CT molecular complexity index is 1790. The van der Waals surface area contributed by atoms with Gasteiger partial charge in [0.2, 0.25) is 21.8 Å². The minimum atomic E-state index is -3.91. The van der Waals surface area contributed by atoms with Crippen molar-refractivity contribution in [2.75, 3.05) is 6.54 Å². The van der Waals surface area contributed by atoms with Gasteiger partial charge in [0.05, 0.1) is 17.0 Å². The quantitative estimate of drug-likeness (QED) is 0.239. The summed E-state index contributed by atoms with van der Waals surface area (Å²) in [4.78, 5) is 71.0. The van der Waals surface area contributed by atoms with Crippen molar-refractivity contribution < 1.29 is 37.1 Å². The Balaban J connectivity index is 1.17. The number of carbonyl (C=O) groups excluding carboxylic acids is 5. The van der Waals surface area contributed by atoms with Crippen molar-refractivity contribution in [2.45, 2.75) is 137 Å². The Morgan fingerprint density at radius 1 is 1.04 bits per heavy atom. The third-order valence-corrected chi connectivity index (χ3v) is 14.8. The van der Waals surface area contributed by atoms with Gasteiger partial charge in [-0.3, -0.25) is 19.3 Å². The number of benzene rings is 1. The molecule has 0 spiro atoms. The van der Waals surface area contributed by atoms with Crippen LogP contribution in [-0.4, -0.2) is 93.7 Å². The summed E-state index contributed by atoms with van der Waals surface area (Å²) in [7, 11) is -3.91. The van der Waals surface area contributed by atoms with Crippen molar-refractivity contribution in [3.63, 3.8) is 0 Å². The van der Waals surface area contributed by atoms with E-state index in [0.29, 0.717) is 32.4 Å². The lowest BCUT2D eigenvalue weighted by Gasteiger charge is -2.33. The summed E-state index contributed by atoms with van der Waals surface area (Å²) in [5.74, 6) is -2.21. The van der Waals surface area contributed by atoms with Crippen LogP contribution in [0.1, 0.15) is 94.7 Å². The second-order valence-corrected chi connectivity index (χ2v) is 19.4. The molecule has 4 N–H and O–H groups in total. The van der Waals surface area contributed by atoms with Gasteiger partial charge in [-0.15, -0.1) is 18.3 Å². The lowest BCUT2D eigenvalue weighted by molar-refractivity contribution is -0.141. The number of nitrogens with zero attached hydrogens (tertiary/aromatic N) is 2. The Morgan fingerprint density at radius 2 is 1.77 bits per heavy atom. The highest BCUT2D eigenvalue weighted by Crippen LogP contribution is 2.53. The highest BCUT2D eigenvalue weighted by molar-refractivity contribution is 8.10. The number of hydrogen-bond donors (Lipinski definition) is 4. The maximum Gasteiger partial charge on any atom is 0.410 e. The van der Waals surface area contributed by atoms with Gasteiger partial charge in [0, 0.05) is 25.0 Å². The van der Waals surface area contributed by atoms with Crippen LogP contribution in [0.25, 0.3) is 0 Å². The Morgan fingerprint density at radius 3 is 2.47 bits per heavy atom. The van der Waals surface area contributed by atoms with Gasteiger partial charge < -0.3 is 25.6 Å². The van der Waals surface area contributed by atoms with Crippen LogP contribution in [0.2, 0.25) is 0 Å². The van der Waals surface area contributed by atoms with Crippen molar-refractivity contribution in [3.05, 3.63) is 47.5 Å². The minimum absolute atomic E-state index is 0.0482. The Hall–Kier alpha value is -3.79. The number of amides is 6. The normalized spacial score (nSPS) is 30.6. The second kappa shape index (κ2) is 14.5. The fourth-order valence-corrected chi connectivity index (χ4v) is 10.8. The number of nitrogens with one attached hydrogen (secondary N) is 4. The molecule has 4 bridgehead atoms. The van der Waals surface area contributed by atoms with Crippen LogP contribution >= 0.6 is 11.8 Å².